The van der Waals surface area contributed by atoms with E-state index in [1.165, 1.54) is 12.1 Å². The van der Waals surface area contributed by atoms with E-state index in [-0.39, 0.29) is 10.6 Å². The highest BCUT2D eigenvalue weighted by molar-refractivity contribution is 7.96. The van der Waals surface area contributed by atoms with Crippen LogP contribution in [0.25, 0.3) is 0 Å². The van der Waals surface area contributed by atoms with Gasteiger partial charge in [-0.2, -0.15) is 0 Å². The second-order valence-electron chi connectivity index (χ2n) is 5.17. The van der Waals surface area contributed by atoms with Gasteiger partial charge in [0.1, 0.15) is 5.82 Å². The van der Waals surface area contributed by atoms with Crippen molar-refractivity contribution in [3.8, 4) is 0 Å². The molecule has 1 heterocycles. The van der Waals surface area contributed by atoms with Gasteiger partial charge in [0.25, 0.3) is 0 Å². The van der Waals surface area contributed by atoms with Gasteiger partial charge >= 0.3 is 0 Å². The molecule has 1 aromatic rings. The molecule has 1 saturated heterocycles. The van der Waals surface area contributed by atoms with Crippen LogP contribution < -0.4 is 5.32 Å². The number of nitrogens with one attached hydrogen (secondary N) is 1. The fraction of sp³-hybridized carbons (Fsp3) is 0.538. The summed E-state index contributed by atoms with van der Waals surface area (Å²) in [6.45, 7) is 2.47. The zero-order chi connectivity index (χ0) is 15.7. The molecular formula is C13H18FNO4S2. The van der Waals surface area contributed by atoms with Gasteiger partial charge < -0.3 is 5.32 Å². The second-order valence-corrected chi connectivity index (χ2v) is 9.50. The second kappa shape index (κ2) is 6.02. The zero-order valence-corrected chi connectivity index (χ0v) is 13.3. The van der Waals surface area contributed by atoms with Crippen molar-refractivity contribution in [3.05, 3.63) is 30.1 Å². The van der Waals surface area contributed by atoms with E-state index in [1.807, 2.05) is 6.92 Å². The molecule has 1 aromatic carbocycles. The predicted molar refractivity (Wildman–Crippen MR) is 78.1 cm³/mol. The molecule has 0 spiro atoms. The van der Waals surface area contributed by atoms with Gasteiger partial charge in [0.05, 0.1) is 21.7 Å². The zero-order valence-electron chi connectivity index (χ0n) is 11.6. The van der Waals surface area contributed by atoms with Crippen molar-refractivity contribution >= 4 is 19.7 Å². The first kappa shape index (κ1) is 16.4. The molecule has 0 unspecified atom stereocenters. The van der Waals surface area contributed by atoms with E-state index in [0.29, 0.717) is 6.54 Å². The molecule has 0 saturated carbocycles. The van der Waals surface area contributed by atoms with Gasteiger partial charge in [-0.25, -0.2) is 21.2 Å². The number of hydrogen-bond acceptors (Lipinski definition) is 5. The quantitative estimate of drug-likeness (QED) is 0.804. The maximum absolute atomic E-state index is 12.9. The Hall–Kier alpha value is -0.990. The molecule has 21 heavy (non-hydrogen) atoms. The molecule has 2 atom stereocenters. The van der Waals surface area contributed by atoms with Crippen LogP contribution in [0.2, 0.25) is 0 Å². The van der Waals surface area contributed by atoms with E-state index < -0.39 is 42.5 Å². The molecule has 8 heteroatoms. The van der Waals surface area contributed by atoms with Gasteiger partial charge in [-0.1, -0.05) is 6.92 Å². The lowest BCUT2D eigenvalue weighted by Gasteiger charge is -2.19. The Morgan fingerprint density at radius 2 is 1.86 bits per heavy atom. The minimum absolute atomic E-state index is 0.0469. The van der Waals surface area contributed by atoms with Crippen molar-refractivity contribution in [1.29, 1.82) is 0 Å². The van der Waals surface area contributed by atoms with Crippen LogP contribution in [0.5, 0.6) is 0 Å². The highest BCUT2D eigenvalue weighted by Crippen LogP contribution is 2.26. The Morgan fingerprint density at radius 3 is 2.43 bits per heavy atom. The van der Waals surface area contributed by atoms with E-state index in [4.69, 9.17) is 0 Å². The average molecular weight is 335 g/mol. The van der Waals surface area contributed by atoms with Crippen molar-refractivity contribution < 1.29 is 21.2 Å². The smallest absolute Gasteiger partial charge is 0.183 e. The lowest BCUT2D eigenvalue weighted by atomic mass is 10.2. The molecule has 1 aliphatic rings. The maximum Gasteiger partial charge on any atom is 0.183 e. The number of benzene rings is 1. The summed E-state index contributed by atoms with van der Waals surface area (Å²) < 4.78 is 61.6. The molecule has 1 N–H and O–H groups in total. The van der Waals surface area contributed by atoms with Crippen molar-refractivity contribution in [2.24, 2.45) is 0 Å². The third-order valence-corrected chi connectivity index (χ3v) is 7.66. The van der Waals surface area contributed by atoms with Crippen molar-refractivity contribution in [1.82, 2.24) is 5.32 Å². The van der Waals surface area contributed by atoms with Crippen LogP contribution in [-0.2, 0) is 19.7 Å². The third kappa shape index (κ3) is 3.61. The highest BCUT2D eigenvalue weighted by Gasteiger charge is 2.45. The van der Waals surface area contributed by atoms with Gasteiger partial charge in [-0.3, -0.25) is 0 Å². The standard InChI is InChI=1S/C13H18FNO4S2/c1-2-7-15-12-8-20(16,17)9-13(12)21(18,19)11-5-3-10(14)4-6-11/h3-6,12-13,15H,2,7-9H2,1H3/t12-,13-/m0/s1. The van der Waals surface area contributed by atoms with Gasteiger partial charge in [0, 0.05) is 6.04 Å². The van der Waals surface area contributed by atoms with Crippen LogP contribution in [0, 0.1) is 5.82 Å². The normalized spacial score (nSPS) is 25.0. The molecule has 1 aliphatic heterocycles. The monoisotopic (exact) mass is 335 g/mol. The number of hydrogen-bond donors (Lipinski definition) is 1. The highest BCUT2D eigenvalue weighted by atomic mass is 32.2. The minimum atomic E-state index is -3.81. The summed E-state index contributed by atoms with van der Waals surface area (Å²) in [7, 11) is -7.20. The molecule has 0 aliphatic carbocycles. The SMILES string of the molecule is CCCN[C@H]1CS(=O)(=O)C[C@@H]1S(=O)(=O)c1ccc(F)cc1. The molecule has 0 amide bonds. The van der Waals surface area contributed by atoms with Crippen LogP contribution in [0.4, 0.5) is 4.39 Å². The Kier molecular flexibility index (Phi) is 4.69. The first-order valence-electron chi connectivity index (χ1n) is 6.69. The van der Waals surface area contributed by atoms with Crippen molar-refractivity contribution in [2.45, 2.75) is 29.5 Å². The summed E-state index contributed by atoms with van der Waals surface area (Å²) in [5.74, 6) is -1.11. The molecule has 0 aromatic heterocycles. The van der Waals surface area contributed by atoms with E-state index in [0.717, 1.165) is 18.6 Å². The van der Waals surface area contributed by atoms with E-state index in [9.17, 15) is 21.2 Å². The van der Waals surface area contributed by atoms with Crippen LogP contribution >= 0.6 is 0 Å². The molecule has 118 valence electrons. The largest absolute Gasteiger partial charge is 0.312 e. The average Bonchev–Trinajstić information content (AvgIpc) is 2.73. The van der Waals surface area contributed by atoms with E-state index >= 15 is 0 Å². The molecule has 5 nitrogen and oxygen atoms in total. The number of halogens is 1. The fourth-order valence-electron chi connectivity index (χ4n) is 2.44. The predicted octanol–water partition coefficient (Wildman–Crippen LogP) is 0.765. The van der Waals surface area contributed by atoms with Crippen molar-refractivity contribution in [2.75, 3.05) is 18.1 Å². The van der Waals surface area contributed by atoms with E-state index in [2.05, 4.69) is 5.32 Å². The fourth-order valence-corrected chi connectivity index (χ4v) is 7.16. The van der Waals surface area contributed by atoms with Crippen LogP contribution in [0.15, 0.2) is 29.2 Å². The summed E-state index contributed by atoms with van der Waals surface area (Å²) >= 11 is 0. The summed E-state index contributed by atoms with van der Waals surface area (Å²) in [6, 6.07) is 3.85. The first-order chi connectivity index (χ1) is 9.76. The first-order valence-corrected chi connectivity index (χ1v) is 10.1. The van der Waals surface area contributed by atoms with Crippen molar-refractivity contribution in [3.63, 3.8) is 0 Å². The maximum atomic E-state index is 12.9. The Morgan fingerprint density at radius 1 is 1.24 bits per heavy atom. The van der Waals surface area contributed by atoms with Gasteiger partial charge in [0.2, 0.25) is 0 Å². The van der Waals surface area contributed by atoms with Gasteiger partial charge in [-0.15, -0.1) is 0 Å². The summed E-state index contributed by atoms with van der Waals surface area (Å²) in [4.78, 5) is -0.0469. The van der Waals surface area contributed by atoms with E-state index in [1.54, 1.807) is 0 Å². The molecule has 2 rings (SSSR count). The minimum Gasteiger partial charge on any atom is -0.312 e. The number of rotatable bonds is 5. The lowest BCUT2D eigenvalue weighted by Crippen LogP contribution is -2.43. The summed E-state index contributed by atoms with van der Waals surface area (Å²) in [5.41, 5.74) is 0. The summed E-state index contributed by atoms with van der Waals surface area (Å²) in [6.07, 6.45) is 0.778. The Bertz CT molecular complexity index is 698. The van der Waals surface area contributed by atoms with Gasteiger partial charge in [0.15, 0.2) is 19.7 Å². The molecule has 0 bridgehead atoms. The van der Waals surface area contributed by atoms with Crippen LogP contribution in [-0.4, -0.2) is 46.2 Å². The lowest BCUT2D eigenvalue weighted by molar-refractivity contribution is 0.525. The Labute approximate surface area is 124 Å². The molecule has 1 fully saturated rings. The van der Waals surface area contributed by atoms with Crippen LogP contribution in [0.3, 0.4) is 0 Å². The molecule has 0 radical (unpaired) electrons. The topological polar surface area (TPSA) is 80.3 Å². The third-order valence-electron chi connectivity index (χ3n) is 3.50. The van der Waals surface area contributed by atoms with Gasteiger partial charge in [-0.05, 0) is 37.2 Å². The van der Waals surface area contributed by atoms with Crippen LogP contribution in [0.1, 0.15) is 13.3 Å². The summed E-state index contributed by atoms with van der Waals surface area (Å²) in [5, 5.41) is 1.96. The number of sulfone groups is 2. The molecular weight excluding hydrogens is 317 g/mol. The Balaban J connectivity index is 2.34.